The Hall–Kier alpha value is -2.24. The van der Waals surface area contributed by atoms with Crippen molar-refractivity contribution in [1.82, 2.24) is 10.2 Å². The number of carbonyl (C=O) groups excluding carboxylic acids is 2. The van der Waals surface area contributed by atoms with E-state index in [9.17, 15) is 9.59 Å². The smallest absolute Gasteiger partial charge is 0.324 e. The molecule has 0 spiro atoms. The molecule has 1 aliphatic rings. The van der Waals surface area contributed by atoms with Crippen LogP contribution in [0, 0.1) is 0 Å². The number of amides is 3. The van der Waals surface area contributed by atoms with Crippen LogP contribution < -0.4 is 10.1 Å². The predicted molar refractivity (Wildman–Crippen MR) is 96.1 cm³/mol. The number of urea groups is 1. The van der Waals surface area contributed by atoms with Gasteiger partial charge in [0.15, 0.2) is 5.75 Å². The lowest BCUT2D eigenvalue weighted by molar-refractivity contribution is -0.127. The molecule has 130 valence electrons. The van der Waals surface area contributed by atoms with Gasteiger partial charge in [0.25, 0.3) is 5.91 Å². The Morgan fingerprint density at radius 2 is 1.68 bits per heavy atom. The number of halogens is 2. The number of hydrogen-bond acceptors (Lipinski definition) is 3. The van der Waals surface area contributed by atoms with Gasteiger partial charge >= 0.3 is 6.03 Å². The lowest BCUT2D eigenvalue weighted by Gasteiger charge is -2.15. The molecule has 3 rings (SSSR count). The Labute approximate surface area is 155 Å². The predicted octanol–water partition coefficient (Wildman–Crippen LogP) is 3.54. The van der Waals surface area contributed by atoms with Crippen LogP contribution in [0.4, 0.5) is 4.79 Å². The molecule has 0 aliphatic carbocycles. The van der Waals surface area contributed by atoms with Gasteiger partial charge in [-0.25, -0.2) is 4.79 Å². The summed E-state index contributed by atoms with van der Waals surface area (Å²) in [6.45, 7) is 0.234. The number of imide groups is 1. The second kappa shape index (κ2) is 7.76. The summed E-state index contributed by atoms with van der Waals surface area (Å²) in [6, 6.07) is 13.6. The average Bonchev–Trinajstić information content (AvgIpc) is 2.85. The van der Waals surface area contributed by atoms with Crippen LogP contribution in [-0.2, 0) is 11.2 Å². The van der Waals surface area contributed by atoms with E-state index in [4.69, 9.17) is 27.9 Å². The molecule has 1 heterocycles. The fourth-order valence-electron chi connectivity index (χ4n) is 2.64. The van der Waals surface area contributed by atoms with E-state index in [1.54, 1.807) is 18.2 Å². The van der Waals surface area contributed by atoms with Gasteiger partial charge in [0.2, 0.25) is 0 Å². The molecular weight excluding hydrogens is 363 g/mol. The summed E-state index contributed by atoms with van der Waals surface area (Å²) in [5.74, 6) is 0.0847. The van der Waals surface area contributed by atoms with Gasteiger partial charge in [-0.05, 0) is 17.7 Å². The van der Waals surface area contributed by atoms with Gasteiger partial charge in [-0.1, -0.05) is 59.6 Å². The highest BCUT2D eigenvalue weighted by molar-refractivity contribution is 6.37. The molecule has 1 N–H and O–H groups in total. The minimum atomic E-state index is -0.557. The molecule has 5 nitrogen and oxygen atoms in total. The SMILES string of the molecule is O=C1N[C@@H](Cc2ccccc2)C(=O)N1CCOc1c(Cl)cccc1Cl. The van der Waals surface area contributed by atoms with E-state index in [1.807, 2.05) is 30.3 Å². The molecular formula is C18H16Cl2N2O3. The molecule has 0 radical (unpaired) electrons. The topological polar surface area (TPSA) is 58.6 Å². The third-order valence-corrected chi connectivity index (χ3v) is 4.47. The van der Waals surface area contributed by atoms with Gasteiger partial charge in [-0.15, -0.1) is 0 Å². The summed E-state index contributed by atoms with van der Waals surface area (Å²) >= 11 is 12.1. The van der Waals surface area contributed by atoms with Gasteiger partial charge in [0.05, 0.1) is 16.6 Å². The second-order valence-electron chi connectivity index (χ2n) is 5.58. The monoisotopic (exact) mass is 378 g/mol. The zero-order chi connectivity index (χ0) is 17.8. The molecule has 0 unspecified atom stereocenters. The highest BCUT2D eigenvalue weighted by atomic mass is 35.5. The number of nitrogens with one attached hydrogen (secondary N) is 1. The Kier molecular flexibility index (Phi) is 5.46. The molecule has 2 aromatic carbocycles. The average molecular weight is 379 g/mol. The third-order valence-electron chi connectivity index (χ3n) is 3.87. The first kappa shape index (κ1) is 17.6. The lowest BCUT2D eigenvalue weighted by atomic mass is 10.1. The van der Waals surface area contributed by atoms with Gasteiger partial charge in [0.1, 0.15) is 12.6 Å². The molecule has 1 saturated heterocycles. The molecule has 2 aromatic rings. The second-order valence-corrected chi connectivity index (χ2v) is 6.40. The maximum absolute atomic E-state index is 12.4. The summed E-state index contributed by atoms with van der Waals surface area (Å²) in [6.07, 6.45) is 0.457. The van der Waals surface area contributed by atoms with Crippen LogP contribution in [0.1, 0.15) is 5.56 Å². The first-order valence-corrected chi connectivity index (χ1v) is 8.54. The standard InChI is InChI=1S/C18H16Cl2N2O3/c19-13-7-4-8-14(20)16(13)25-10-9-22-17(23)15(21-18(22)24)11-12-5-2-1-3-6-12/h1-8,15H,9-11H2,(H,21,24)/t15-/m0/s1. The number of nitrogens with zero attached hydrogens (tertiary/aromatic N) is 1. The summed E-state index contributed by atoms with van der Waals surface area (Å²) in [5.41, 5.74) is 0.988. The van der Waals surface area contributed by atoms with Crippen molar-refractivity contribution >= 4 is 35.1 Å². The fourth-order valence-corrected chi connectivity index (χ4v) is 3.14. The van der Waals surface area contributed by atoms with Gasteiger partial charge in [-0.2, -0.15) is 0 Å². The summed E-state index contributed by atoms with van der Waals surface area (Å²) in [5, 5.41) is 3.47. The number of benzene rings is 2. The van der Waals surface area contributed by atoms with Crippen molar-refractivity contribution in [3.63, 3.8) is 0 Å². The number of ether oxygens (including phenoxy) is 1. The maximum atomic E-state index is 12.4. The van der Waals surface area contributed by atoms with Gasteiger partial charge < -0.3 is 10.1 Å². The van der Waals surface area contributed by atoms with E-state index < -0.39 is 12.1 Å². The molecule has 1 fully saturated rings. The van der Waals surface area contributed by atoms with Crippen LogP contribution in [-0.4, -0.2) is 36.0 Å². The number of hydrogen-bond donors (Lipinski definition) is 1. The quantitative estimate of drug-likeness (QED) is 0.782. The molecule has 0 aromatic heterocycles. The first-order chi connectivity index (χ1) is 12.1. The van der Waals surface area contributed by atoms with Gasteiger partial charge in [-0.3, -0.25) is 9.69 Å². The third kappa shape index (κ3) is 4.06. The molecule has 7 heteroatoms. The molecule has 1 aliphatic heterocycles. The maximum Gasteiger partial charge on any atom is 0.324 e. The van der Waals surface area contributed by atoms with Crippen LogP contribution in [0.25, 0.3) is 0 Å². The zero-order valence-corrected chi connectivity index (χ0v) is 14.8. The van der Waals surface area contributed by atoms with E-state index in [2.05, 4.69) is 5.32 Å². The lowest BCUT2D eigenvalue weighted by Crippen LogP contribution is -2.35. The van der Waals surface area contributed by atoms with Crippen LogP contribution in [0.2, 0.25) is 10.0 Å². The Morgan fingerprint density at radius 3 is 2.36 bits per heavy atom. The van der Waals surface area contributed by atoms with E-state index in [0.29, 0.717) is 22.2 Å². The normalized spacial score (nSPS) is 16.9. The van der Waals surface area contributed by atoms with Crippen molar-refractivity contribution in [3.05, 3.63) is 64.1 Å². The van der Waals surface area contributed by atoms with Crippen molar-refractivity contribution in [3.8, 4) is 5.75 Å². The van der Waals surface area contributed by atoms with E-state index in [1.165, 1.54) is 0 Å². The summed E-state index contributed by atoms with van der Waals surface area (Å²) < 4.78 is 5.54. The summed E-state index contributed by atoms with van der Waals surface area (Å²) in [4.78, 5) is 25.6. The molecule has 0 bridgehead atoms. The number of para-hydroxylation sites is 1. The van der Waals surface area contributed by atoms with Crippen molar-refractivity contribution < 1.29 is 14.3 Å². The zero-order valence-electron chi connectivity index (χ0n) is 13.2. The Morgan fingerprint density at radius 1 is 1.00 bits per heavy atom. The Bertz CT molecular complexity index is 763. The van der Waals surface area contributed by atoms with Crippen molar-refractivity contribution in [2.24, 2.45) is 0 Å². The number of rotatable bonds is 6. The minimum absolute atomic E-state index is 0.112. The fraction of sp³-hybridized carbons (Fsp3) is 0.222. The first-order valence-electron chi connectivity index (χ1n) is 7.79. The minimum Gasteiger partial charge on any atom is -0.489 e. The molecule has 3 amide bonds. The summed E-state index contributed by atoms with van der Waals surface area (Å²) in [7, 11) is 0. The highest BCUT2D eigenvalue weighted by Gasteiger charge is 2.37. The molecule has 25 heavy (non-hydrogen) atoms. The van der Waals surface area contributed by atoms with Crippen LogP contribution in [0.3, 0.4) is 0 Å². The molecule has 1 atom stereocenters. The van der Waals surface area contributed by atoms with Crippen molar-refractivity contribution in [2.75, 3.05) is 13.2 Å². The van der Waals surface area contributed by atoms with Gasteiger partial charge in [0, 0.05) is 6.42 Å². The highest BCUT2D eigenvalue weighted by Crippen LogP contribution is 2.32. The van der Waals surface area contributed by atoms with Crippen LogP contribution >= 0.6 is 23.2 Å². The van der Waals surface area contributed by atoms with Crippen LogP contribution in [0.15, 0.2) is 48.5 Å². The van der Waals surface area contributed by atoms with E-state index >= 15 is 0 Å². The molecule has 0 saturated carbocycles. The van der Waals surface area contributed by atoms with E-state index in [-0.39, 0.29) is 19.1 Å². The number of carbonyl (C=O) groups is 2. The van der Waals surface area contributed by atoms with Crippen LogP contribution in [0.5, 0.6) is 5.75 Å². The van der Waals surface area contributed by atoms with E-state index in [0.717, 1.165) is 10.5 Å². The van der Waals surface area contributed by atoms with Crippen molar-refractivity contribution in [2.45, 2.75) is 12.5 Å². The Balaban J connectivity index is 1.58. The largest absolute Gasteiger partial charge is 0.489 e. The van der Waals surface area contributed by atoms with Crippen molar-refractivity contribution in [1.29, 1.82) is 0 Å².